The molecule has 4 aromatic rings. The van der Waals surface area contributed by atoms with E-state index in [0.29, 0.717) is 16.7 Å². The predicted molar refractivity (Wildman–Crippen MR) is 322 cm³/mol. The molecule has 0 unspecified atom stereocenters. The number of phenols is 1. The first-order valence-corrected chi connectivity index (χ1v) is 28.9. The molecule has 0 aliphatic carbocycles. The van der Waals surface area contributed by atoms with Crippen LogP contribution in [-0.2, 0) is 88.2 Å². The number of carbonyl (C=O) groups excluding carboxylic acids is 11. The maximum Gasteiger partial charge on any atom is 0.408 e. The van der Waals surface area contributed by atoms with Gasteiger partial charge in [-0.25, -0.2) is 9.59 Å². The van der Waals surface area contributed by atoms with Crippen molar-refractivity contribution in [3.8, 4) is 5.75 Å². The van der Waals surface area contributed by atoms with E-state index in [4.69, 9.17) is 24.7 Å². The fraction of sp³-hybridized carbons (Fsp3) is 0.444. The number of rotatable bonds is 34. The van der Waals surface area contributed by atoms with Crippen LogP contribution in [0.3, 0.4) is 0 Å². The van der Waals surface area contributed by atoms with Crippen molar-refractivity contribution in [2.45, 2.75) is 160 Å². The normalized spacial score (nSPS) is 12.8. The van der Waals surface area contributed by atoms with Gasteiger partial charge >= 0.3 is 24.1 Å². The Kier molecular flexibility index (Phi) is 29.4. The molecule has 9 amide bonds. The van der Waals surface area contributed by atoms with Gasteiger partial charge in [-0.1, -0.05) is 103 Å². The highest BCUT2D eigenvalue weighted by molar-refractivity contribution is 5.96. The van der Waals surface area contributed by atoms with Crippen LogP contribution in [-0.4, -0.2) is 132 Å². The molecule has 0 saturated carbocycles. The maximum atomic E-state index is 14.0. The fourth-order valence-corrected chi connectivity index (χ4v) is 8.33. The van der Waals surface area contributed by atoms with Crippen LogP contribution >= 0.6 is 0 Å². The highest BCUT2D eigenvalue weighted by atomic mass is 16.6. The summed E-state index contributed by atoms with van der Waals surface area (Å²) < 4.78 is 21.5. The number of unbranched alkanes of at least 4 members (excludes halogenated alkanes) is 1. The summed E-state index contributed by atoms with van der Waals surface area (Å²) in [6, 6.07) is 25.6. The van der Waals surface area contributed by atoms with Crippen LogP contribution in [0.4, 0.5) is 9.59 Å². The molecule has 25 nitrogen and oxygen atoms in total. The summed E-state index contributed by atoms with van der Waals surface area (Å²) in [5.41, 5.74) is 6.40. The van der Waals surface area contributed by atoms with Crippen molar-refractivity contribution in [2.75, 3.05) is 19.6 Å². The van der Waals surface area contributed by atoms with Crippen molar-refractivity contribution in [3.05, 3.63) is 138 Å². The molecule has 0 fully saturated rings. The van der Waals surface area contributed by atoms with Crippen LogP contribution in [0.15, 0.2) is 115 Å². The van der Waals surface area contributed by atoms with Crippen molar-refractivity contribution in [2.24, 2.45) is 5.73 Å². The number of nitrogens with two attached hydrogens (primary N) is 1. The van der Waals surface area contributed by atoms with Crippen molar-refractivity contribution < 1.29 is 76.8 Å². The van der Waals surface area contributed by atoms with Crippen LogP contribution in [0.25, 0.3) is 0 Å². The van der Waals surface area contributed by atoms with Gasteiger partial charge in [-0.15, -0.1) is 0 Å². The second-order valence-corrected chi connectivity index (χ2v) is 22.6. The van der Waals surface area contributed by atoms with Gasteiger partial charge in [0.25, 0.3) is 0 Å². The zero-order valence-corrected chi connectivity index (χ0v) is 50.6. The Morgan fingerprint density at radius 1 is 0.443 bits per heavy atom. The molecule has 0 bridgehead atoms. The summed E-state index contributed by atoms with van der Waals surface area (Å²) in [7, 11) is 0. The quantitative estimate of drug-likeness (QED) is 0.0180. The third-order valence-corrected chi connectivity index (χ3v) is 12.7. The summed E-state index contributed by atoms with van der Waals surface area (Å²) in [6.07, 6.45) is -2.51. The number of nitrogens with one attached hydrogen (secondary N) is 8. The highest BCUT2D eigenvalue weighted by Gasteiger charge is 2.33. The number of alkyl carbamates (subject to hydrolysis) is 2. The number of benzene rings is 4. The van der Waals surface area contributed by atoms with Gasteiger partial charge in [0.05, 0.1) is 6.42 Å². The average Bonchev–Trinajstić information content (AvgIpc) is 3.65. The van der Waals surface area contributed by atoms with Gasteiger partial charge in [0.15, 0.2) is 0 Å². The molecule has 476 valence electrons. The molecule has 88 heavy (non-hydrogen) atoms. The molecule has 25 heteroatoms. The molecule has 5 atom stereocenters. The summed E-state index contributed by atoms with van der Waals surface area (Å²) >= 11 is 0. The predicted octanol–water partition coefficient (Wildman–Crippen LogP) is 3.86. The zero-order valence-electron chi connectivity index (χ0n) is 50.6. The van der Waals surface area contributed by atoms with E-state index in [1.807, 2.05) is 0 Å². The third-order valence-electron chi connectivity index (χ3n) is 12.7. The van der Waals surface area contributed by atoms with Gasteiger partial charge in [0.2, 0.25) is 41.4 Å². The molecule has 0 saturated heterocycles. The largest absolute Gasteiger partial charge is 0.508 e. The van der Waals surface area contributed by atoms with Gasteiger partial charge in [-0.2, -0.15) is 0 Å². The van der Waals surface area contributed by atoms with E-state index in [2.05, 4.69) is 42.5 Å². The molecular weight excluding hydrogens is 1140 g/mol. The zero-order chi connectivity index (χ0) is 64.7. The van der Waals surface area contributed by atoms with Crippen molar-refractivity contribution >= 4 is 65.5 Å². The van der Waals surface area contributed by atoms with Gasteiger partial charge in [0, 0.05) is 38.8 Å². The van der Waals surface area contributed by atoms with Crippen LogP contribution < -0.4 is 48.3 Å². The van der Waals surface area contributed by atoms with Gasteiger partial charge in [0.1, 0.15) is 66.9 Å². The number of primary amides is 1. The molecule has 0 spiro atoms. The van der Waals surface area contributed by atoms with E-state index >= 15 is 0 Å². The molecule has 0 aliphatic heterocycles. The van der Waals surface area contributed by atoms with E-state index in [9.17, 15) is 57.8 Å². The smallest absolute Gasteiger partial charge is 0.408 e. The number of hydrogen-bond acceptors (Lipinski definition) is 16. The summed E-state index contributed by atoms with van der Waals surface area (Å²) in [5, 5.41) is 30.5. The van der Waals surface area contributed by atoms with Crippen molar-refractivity contribution in [1.29, 1.82) is 0 Å². The summed E-state index contributed by atoms with van der Waals surface area (Å²) in [6.45, 7) is 9.17. The molecule has 11 N–H and O–H groups in total. The molecule has 0 aliphatic rings. The van der Waals surface area contributed by atoms with E-state index in [1.165, 1.54) is 12.1 Å². The van der Waals surface area contributed by atoms with E-state index in [-0.39, 0.29) is 89.8 Å². The number of ether oxygens (including phenoxy) is 4. The molecule has 0 radical (unpaired) electrons. The van der Waals surface area contributed by atoms with Crippen molar-refractivity contribution in [1.82, 2.24) is 42.5 Å². The lowest BCUT2D eigenvalue weighted by molar-refractivity contribution is -0.156. The molecule has 4 rings (SSSR count). The van der Waals surface area contributed by atoms with Crippen LogP contribution in [0, 0.1) is 0 Å². The molecular formula is C63H83N9O16. The van der Waals surface area contributed by atoms with E-state index < -0.39 is 120 Å². The minimum atomic E-state index is -1.59. The Morgan fingerprint density at radius 2 is 0.886 bits per heavy atom. The Balaban J connectivity index is 1.34. The summed E-state index contributed by atoms with van der Waals surface area (Å²) in [5.74, 6) is -6.80. The fourth-order valence-electron chi connectivity index (χ4n) is 8.33. The average molecular weight is 1220 g/mol. The van der Waals surface area contributed by atoms with Crippen LogP contribution in [0.5, 0.6) is 5.75 Å². The maximum absolute atomic E-state index is 14.0. The number of hydrogen-bond donors (Lipinski definition) is 10. The monoisotopic (exact) mass is 1220 g/mol. The number of aromatic hydroxyl groups is 1. The minimum absolute atomic E-state index is 0.00344. The van der Waals surface area contributed by atoms with Crippen LogP contribution in [0.2, 0.25) is 0 Å². The second-order valence-electron chi connectivity index (χ2n) is 22.6. The highest BCUT2D eigenvalue weighted by Crippen LogP contribution is 2.15. The van der Waals surface area contributed by atoms with Crippen LogP contribution in [0.1, 0.15) is 115 Å². The number of carbonyl (C=O) groups is 11. The third kappa shape index (κ3) is 29.5. The Bertz CT molecular complexity index is 2940. The number of phenolic OH excluding ortho intramolecular Hbond substituents is 1. The van der Waals surface area contributed by atoms with Gasteiger partial charge in [-0.05, 0) is 108 Å². The topological polar surface area (TPSA) is 367 Å². The lowest BCUT2D eigenvalue weighted by Crippen LogP contribution is -2.57. The van der Waals surface area contributed by atoms with E-state index in [1.54, 1.807) is 145 Å². The number of esters is 2. The minimum Gasteiger partial charge on any atom is -0.508 e. The first-order chi connectivity index (χ1) is 41.7. The summed E-state index contributed by atoms with van der Waals surface area (Å²) in [4.78, 5) is 146. The SMILES string of the molecule is CC(C)(C)OC(=O)C[C@H](NC(=O)[C@H](CCCCNC(=O)CCC(=O)NCCC[C@H](NC(=O)[C@H](Cc1ccc(O)cc1)NC(=O)OC(C)(C)C)C(=O)NCC(=O)OCc1ccccc1)NC(=O)OCc1ccccc1)C(=O)N[C@@H](Cc1ccccc1)C(N)=O. The first kappa shape index (κ1) is 70.9. The Hall–Kier alpha value is -9.55. The molecule has 0 aromatic heterocycles. The first-order valence-electron chi connectivity index (χ1n) is 28.9. The Labute approximate surface area is 512 Å². The van der Waals surface area contributed by atoms with Gasteiger partial charge in [-0.3, -0.25) is 43.2 Å². The lowest BCUT2D eigenvalue weighted by Gasteiger charge is -2.26. The van der Waals surface area contributed by atoms with Gasteiger partial charge < -0.3 is 72.3 Å². The lowest BCUT2D eigenvalue weighted by atomic mass is 10.0. The van der Waals surface area contributed by atoms with E-state index in [0.717, 1.165) is 5.56 Å². The standard InChI is InChI=1S/C63H83N9O16/c1-62(2,3)87-53(76)37-50(59(82)69-48(55(64)78)35-41-19-10-7-11-20-41)70-57(80)47(71-60(83)86-40-44-23-14-9-15-24-44)25-16-17-33-65-51(74)31-32-52(75)66-34-18-26-46(56(79)67-38-54(77)85-39-43-21-12-8-13-22-43)68-58(81)49(72-61(84)88-63(4,5)6)36-42-27-29-45(73)30-28-42/h7-15,19-24,27-30,46-50,73H,16-18,25-26,31-40H2,1-6H3,(H2,64,78)(H,65,74)(H,66,75)(H,67,79)(H,68,81)(H,69,82)(H,70,80)(H,71,83)(H,72,84)/t46-,47-,48-,49-,50-/m0/s1. The molecule has 4 aromatic carbocycles. The number of amides is 9. The second kappa shape index (κ2) is 36.4. The Morgan fingerprint density at radius 3 is 1.44 bits per heavy atom. The van der Waals surface area contributed by atoms with Crippen molar-refractivity contribution in [3.63, 3.8) is 0 Å². The molecule has 0 heterocycles.